The molecule has 3 N–H and O–H groups in total. The summed E-state index contributed by atoms with van der Waals surface area (Å²) in [6.07, 6.45) is 1.11. The lowest BCUT2D eigenvalue weighted by molar-refractivity contribution is 0.550. The first kappa shape index (κ1) is 13.5. The lowest BCUT2D eigenvalue weighted by Crippen LogP contribution is -2.22. The molecule has 17 heavy (non-hydrogen) atoms. The molecule has 0 aliphatic rings. The van der Waals surface area contributed by atoms with Gasteiger partial charge in [0.05, 0.1) is 0 Å². The standard InChI is InChI=1S/C16H18.H3N/c1-3-16(2,14-10-6-4-7-11-14)15-12-8-5-9-13-15;/h4-13H,3H2,1-2H3;1H3. The Hall–Kier alpha value is -1.60. The molecule has 0 spiro atoms. The molecule has 0 aromatic heterocycles. The van der Waals surface area contributed by atoms with Crippen LogP contribution in [0, 0.1) is 0 Å². The Bertz CT molecular complexity index is 394. The molecule has 0 atom stereocenters. The van der Waals surface area contributed by atoms with E-state index in [0.717, 1.165) is 6.42 Å². The molecule has 0 aliphatic carbocycles. The molecular formula is C16H21N. The first-order valence-electron chi connectivity index (χ1n) is 5.88. The maximum Gasteiger partial charge on any atom is 0.0172 e. The highest BCUT2D eigenvalue weighted by molar-refractivity contribution is 5.37. The molecule has 0 saturated carbocycles. The largest absolute Gasteiger partial charge is 0.344 e. The highest BCUT2D eigenvalue weighted by atomic mass is 14.3. The SMILES string of the molecule is CCC(C)(c1ccccc1)c1ccccc1.N. The maximum absolute atomic E-state index is 2.32. The summed E-state index contributed by atoms with van der Waals surface area (Å²) in [6, 6.07) is 21.5. The van der Waals surface area contributed by atoms with Crippen molar-refractivity contribution in [3.63, 3.8) is 0 Å². The van der Waals surface area contributed by atoms with E-state index in [0.29, 0.717) is 0 Å². The maximum atomic E-state index is 2.32. The van der Waals surface area contributed by atoms with Crippen LogP contribution in [0.25, 0.3) is 0 Å². The predicted molar refractivity (Wildman–Crippen MR) is 74.7 cm³/mol. The predicted octanol–water partition coefficient (Wildman–Crippen LogP) is 4.56. The zero-order valence-corrected chi connectivity index (χ0v) is 10.7. The van der Waals surface area contributed by atoms with Crippen LogP contribution in [-0.2, 0) is 5.41 Å². The van der Waals surface area contributed by atoms with Crippen molar-refractivity contribution in [2.45, 2.75) is 25.7 Å². The number of benzene rings is 2. The normalized spacial score (nSPS) is 10.7. The van der Waals surface area contributed by atoms with Crippen molar-refractivity contribution >= 4 is 0 Å². The van der Waals surface area contributed by atoms with E-state index in [9.17, 15) is 0 Å². The highest BCUT2D eigenvalue weighted by Crippen LogP contribution is 2.34. The van der Waals surface area contributed by atoms with Crippen LogP contribution in [0.15, 0.2) is 60.7 Å². The molecule has 2 aromatic carbocycles. The Morgan fingerprint density at radius 3 is 1.41 bits per heavy atom. The summed E-state index contributed by atoms with van der Waals surface area (Å²) in [5.74, 6) is 0. The molecule has 0 aliphatic heterocycles. The second-order valence-corrected chi connectivity index (χ2v) is 4.42. The van der Waals surface area contributed by atoms with Gasteiger partial charge in [0.15, 0.2) is 0 Å². The van der Waals surface area contributed by atoms with E-state index < -0.39 is 0 Å². The molecule has 2 aromatic rings. The van der Waals surface area contributed by atoms with E-state index in [2.05, 4.69) is 74.5 Å². The molecule has 0 radical (unpaired) electrons. The summed E-state index contributed by atoms with van der Waals surface area (Å²) in [5.41, 5.74) is 2.91. The molecule has 0 fully saturated rings. The van der Waals surface area contributed by atoms with Gasteiger partial charge in [-0.2, -0.15) is 0 Å². The summed E-state index contributed by atoms with van der Waals surface area (Å²) in [6.45, 7) is 4.57. The summed E-state index contributed by atoms with van der Waals surface area (Å²) in [4.78, 5) is 0. The van der Waals surface area contributed by atoms with Crippen LogP contribution >= 0.6 is 0 Å². The van der Waals surface area contributed by atoms with E-state index in [4.69, 9.17) is 0 Å². The third kappa shape index (κ3) is 2.56. The van der Waals surface area contributed by atoms with Crippen molar-refractivity contribution in [2.24, 2.45) is 0 Å². The number of rotatable bonds is 3. The minimum atomic E-state index is 0. The Balaban J connectivity index is 0.00000144. The van der Waals surface area contributed by atoms with Crippen LogP contribution in [-0.4, -0.2) is 0 Å². The second-order valence-electron chi connectivity index (χ2n) is 4.42. The number of hydrogen-bond acceptors (Lipinski definition) is 1. The number of hydrogen-bond donors (Lipinski definition) is 1. The van der Waals surface area contributed by atoms with Crippen LogP contribution in [0.2, 0.25) is 0 Å². The van der Waals surface area contributed by atoms with Gasteiger partial charge in [0.1, 0.15) is 0 Å². The van der Waals surface area contributed by atoms with Gasteiger partial charge in [-0.3, -0.25) is 0 Å². The van der Waals surface area contributed by atoms with E-state index in [1.807, 2.05) is 0 Å². The van der Waals surface area contributed by atoms with Crippen molar-refractivity contribution in [3.8, 4) is 0 Å². The first-order valence-corrected chi connectivity index (χ1v) is 5.88. The van der Waals surface area contributed by atoms with Crippen molar-refractivity contribution in [2.75, 3.05) is 0 Å². The van der Waals surface area contributed by atoms with E-state index in [1.165, 1.54) is 11.1 Å². The van der Waals surface area contributed by atoms with Crippen LogP contribution in [0.1, 0.15) is 31.4 Å². The summed E-state index contributed by atoms with van der Waals surface area (Å²) < 4.78 is 0. The zero-order valence-electron chi connectivity index (χ0n) is 10.7. The molecule has 1 heteroatoms. The van der Waals surface area contributed by atoms with Gasteiger partial charge in [-0.25, -0.2) is 0 Å². The highest BCUT2D eigenvalue weighted by Gasteiger charge is 2.25. The summed E-state index contributed by atoms with van der Waals surface area (Å²) in [7, 11) is 0. The van der Waals surface area contributed by atoms with Crippen LogP contribution in [0.5, 0.6) is 0 Å². The van der Waals surface area contributed by atoms with Crippen LogP contribution in [0.4, 0.5) is 0 Å². The smallest absolute Gasteiger partial charge is 0.0172 e. The molecule has 0 bridgehead atoms. The Morgan fingerprint density at radius 2 is 1.12 bits per heavy atom. The van der Waals surface area contributed by atoms with Crippen molar-refractivity contribution in [1.29, 1.82) is 0 Å². The molecule has 90 valence electrons. The van der Waals surface area contributed by atoms with Crippen molar-refractivity contribution in [3.05, 3.63) is 71.8 Å². The summed E-state index contributed by atoms with van der Waals surface area (Å²) in [5, 5.41) is 0. The van der Waals surface area contributed by atoms with Crippen molar-refractivity contribution < 1.29 is 0 Å². The molecular weight excluding hydrogens is 206 g/mol. The van der Waals surface area contributed by atoms with Gasteiger partial charge >= 0.3 is 0 Å². The van der Waals surface area contributed by atoms with Crippen LogP contribution < -0.4 is 6.15 Å². The molecule has 2 rings (SSSR count). The van der Waals surface area contributed by atoms with E-state index in [-0.39, 0.29) is 11.6 Å². The minimum Gasteiger partial charge on any atom is -0.344 e. The van der Waals surface area contributed by atoms with Crippen LogP contribution in [0.3, 0.4) is 0 Å². The molecule has 0 unspecified atom stereocenters. The average molecular weight is 227 g/mol. The van der Waals surface area contributed by atoms with Gasteiger partial charge in [-0.1, -0.05) is 74.5 Å². The quantitative estimate of drug-likeness (QED) is 0.819. The topological polar surface area (TPSA) is 35.0 Å². The fourth-order valence-electron chi connectivity index (χ4n) is 2.19. The minimum absolute atomic E-state index is 0. The second kappa shape index (κ2) is 5.65. The third-order valence-corrected chi connectivity index (χ3v) is 3.53. The lowest BCUT2D eigenvalue weighted by atomic mass is 9.74. The van der Waals surface area contributed by atoms with Gasteiger partial charge in [0.25, 0.3) is 0 Å². The van der Waals surface area contributed by atoms with Gasteiger partial charge in [0, 0.05) is 5.41 Å². The Morgan fingerprint density at radius 1 is 0.765 bits per heavy atom. The summed E-state index contributed by atoms with van der Waals surface area (Å²) >= 11 is 0. The molecule has 0 saturated heterocycles. The fourth-order valence-corrected chi connectivity index (χ4v) is 2.19. The first-order chi connectivity index (χ1) is 7.77. The molecule has 0 amide bonds. The lowest BCUT2D eigenvalue weighted by Gasteiger charge is -2.29. The third-order valence-electron chi connectivity index (χ3n) is 3.53. The van der Waals surface area contributed by atoms with E-state index in [1.54, 1.807) is 0 Å². The molecule has 0 heterocycles. The van der Waals surface area contributed by atoms with E-state index >= 15 is 0 Å². The van der Waals surface area contributed by atoms with Gasteiger partial charge in [-0.15, -0.1) is 0 Å². The Kier molecular flexibility index (Phi) is 4.47. The van der Waals surface area contributed by atoms with Gasteiger partial charge in [0.2, 0.25) is 0 Å². The van der Waals surface area contributed by atoms with Gasteiger partial charge in [-0.05, 0) is 17.5 Å². The van der Waals surface area contributed by atoms with Crippen molar-refractivity contribution in [1.82, 2.24) is 6.15 Å². The van der Waals surface area contributed by atoms with Gasteiger partial charge < -0.3 is 6.15 Å². The fraction of sp³-hybridized carbons (Fsp3) is 0.250. The monoisotopic (exact) mass is 227 g/mol. The Labute approximate surface area is 104 Å². The average Bonchev–Trinajstić information content (AvgIpc) is 2.40. The zero-order chi connectivity index (χ0) is 11.4. The molecule has 1 nitrogen and oxygen atoms in total.